The lowest BCUT2D eigenvalue weighted by Crippen LogP contribution is -2.33. The highest BCUT2D eigenvalue weighted by Crippen LogP contribution is 2.21. The molecule has 110 valence electrons. The second kappa shape index (κ2) is 7.41. The number of carbonyl (C=O) groups excluding carboxylic acids is 1. The van der Waals surface area contributed by atoms with Crippen molar-refractivity contribution in [3.05, 3.63) is 35.4 Å². The average Bonchev–Trinajstić information content (AvgIpc) is 2.50. The van der Waals surface area contributed by atoms with Crippen molar-refractivity contribution < 1.29 is 4.79 Å². The first-order valence-corrected chi connectivity index (χ1v) is 7.51. The van der Waals surface area contributed by atoms with E-state index >= 15 is 0 Å². The fourth-order valence-corrected chi connectivity index (χ4v) is 2.81. The second-order valence-corrected chi connectivity index (χ2v) is 5.69. The first kappa shape index (κ1) is 15.0. The molecule has 1 amide bonds. The van der Waals surface area contributed by atoms with Crippen LogP contribution in [0.5, 0.6) is 0 Å². The Morgan fingerprint density at radius 2 is 1.85 bits per heavy atom. The van der Waals surface area contributed by atoms with Crippen molar-refractivity contribution in [3.63, 3.8) is 0 Å². The Morgan fingerprint density at radius 1 is 1.25 bits per heavy atom. The van der Waals surface area contributed by atoms with Crippen LogP contribution in [0.1, 0.15) is 37.3 Å². The molecule has 0 atom stereocenters. The van der Waals surface area contributed by atoms with Crippen molar-refractivity contribution in [2.75, 3.05) is 13.1 Å². The fourth-order valence-electron chi connectivity index (χ4n) is 2.81. The lowest BCUT2D eigenvalue weighted by atomic mass is 9.94. The van der Waals surface area contributed by atoms with Crippen molar-refractivity contribution in [1.29, 1.82) is 0 Å². The summed E-state index contributed by atoms with van der Waals surface area (Å²) >= 11 is 0. The summed E-state index contributed by atoms with van der Waals surface area (Å²) in [6.07, 6.45) is 4.31. The zero-order valence-electron chi connectivity index (χ0n) is 12.3. The van der Waals surface area contributed by atoms with Gasteiger partial charge < -0.3 is 0 Å². The van der Waals surface area contributed by atoms with Gasteiger partial charge in [-0.25, -0.2) is 5.84 Å². The standard InChI is InChI=1S/C16H25N3O/c1-2-13-7-9-19(10-8-13)12-15-5-3-14(4-6-15)11-16(20)18-17/h3-6,13H,2,7-12,17H2,1H3,(H,18,20). The molecule has 1 aromatic rings. The van der Waals surface area contributed by atoms with E-state index in [0.29, 0.717) is 6.42 Å². The summed E-state index contributed by atoms with van der Waals surface area (Å²) in [5, 5.41) is 0. The first-order valence-electron chi connectivity index (χ1n) is 7.51. The van der Waals surface area contributed by atoms with Crippen LogP contribution in [0.4, 0.5) is 0 Å². The molecule has 0 aliphatic carbocycles. The Balaban J connectivity index is 1.83. The van der Waals surface area contributed by atoms with Gasteiger partial charge >= 0.3 is 0 Å². The van der Waals surface area contributed by atoms with Gasteiger partial charge in [-0.3, -0.25) is 15.1 Å². The molecule has 0 bridgehead atoms. The van der Waals surface area contributed by atoms with Gasteiger partial charge in [0.2, 0.25) is 5.91 Å². The van der Waals surface area contributed by atoms with Crippen LogP contribution >= 0.6 is 0 Å². The molecule has 20 heavy (non-hydrogen) atoms. The number of piperidine rings is 1. The highest BCUT2D eigenvalue weighted by Gasteiger charge is 2.17. The predicted octanol–water partition coefficient (Wildman–Crippen LogP) is 1.84. The zero-order valence-corrected chi connectivity index (χ0v) is 12.3. The molecule has 0 aromatic heterocycles. The lowest BCUT2D eigenvalue weighted by molar-refractivity contribution is -0.120. The van der Waals surface area contributed by atoms with Crippen LogP contribution in [0.2, 0.25) is 0 Å². The molecule has 1 aromatic carbocycles. The lowest BCUT2D eigenvalue weighted by Gasteiger charge is -2.31. The summed E-state index contributed by atoms with van der Waals surface area (Å²) in [7, 11) is 0. The van der Waals surface area contributed by atoms with Crippen molar-refractivity contribution in [1.82, 2.24) is 10.3 Å². The van der Waals surface area contributed by atoms with E-state index in [4.69, 9.17) is 5.84 Å². The molecule has 0 spiro atoms. The maximum absolute atomic E-state index is 11.2. The Bertz CT molecular complexity index is 422. The molecule has 0 saturated carbocycles. The molecule has 3 N–H and O–H groups in total. The molecule has 1 fully saturated rings. The van der Waals surface area contributed by atoms with E-state index in [0.717, 1.165) is 18.0 Å². The fraction of sp³-hybridized carbons (Fsp3) is 0.562. The number of nitrogens with zero attached hydrogens (tertiary/aromatic N) is 1. The largest absolute Gasteiger partial charge is 0.299 e. The Kier molecular flexibility index (Phi) is 5.56. The summed E-state index contributed by atoms with van der Waals surface area (Å²) in [5.74, 6) is 5.86. The molecule has 1 aliphatic rings. The topological polar surface area (TPSA) is 58.4 Å². The van der Waals surface area contributed by atoms with Gasteiger partial charge in [-0.1, -0.05) is 37.6 Å². The minimum Gasteiger partial charge on any atom is -0.299 e. The number of nitrogens with one attached hydrogen (secondary N) is 1. The SMILES string of the molecule is CCC1CCN(Cc2ccc(CC(=O)NN)cc2)CC1. The molecule has 4 heteroatoms. The Labute approximate surface area is 121 Å². The van der Waals surface area contributed by atoms with E-state index in [2.05, 4.69) is 29.4 Å². The molecule has 1 aliphatic heterocycles. The van der Waals surface area contributed by atoms with Gasteiger partial charge in [-0.05, 0) is 43.0 Å². The van der Waals surface area contributed by atoms with E-state index < -0.39 is 0 Å². The number of nitrogens with two attached hydrogens (primary N) is 1. The van der Waals surface area contributed by atoms with Gasteiger partial charge in [-0.15, -0.1) is 0 Å². The quantitative estimate of drug-likeness (QED) is 0.490. The van der Waals surface area contributed by atoms with Gasteiger partial charge in [0, 0.05) is 6.54 Å². The first-order chi connectivity index (χ1) is 9.71. The van der Waals surface area contributed by atoms with E-state index in [1.807, 2.05) is 12.1 Å². The number of hydrogen-bond donors (Lipinski definition) is 2. The molecule has 1 saturated heterocycles. The number of carbonyl (C=O) groups is 1. The third-order valence-corrected chi connectivity index (χ3v) is 4.24. The van der Waals surface area contributed by atoms with Crippen LogP contribution in [-0.4, -0.2) is 23.9 Å². The van der Waals surface area contributed by atoms with E-state index in [1.165, 1.54) is 37.9 Å². The van der Waals surface area contributed by atoms with Crippen LogP contribution in [-0.2, 0) is 17.8 Å². The third-order valence-electron chi connectivity index (χ3n) is 4.24. The van der Waals surface area contributed by atoms with Gasteiger partial charge in [0.1, 0.15) is 0 Å². The van der Waals surface area contributed by atoms with Gasteiger partial charge in [0.25, 0.3) is 0 Å². The van der Waals surface area contributed by atoms with E-state index in [1.54, 1.807) is 0 Å². The molecule has 0 radical (unpaired) electrons. The smallest absolute Gasteiger partial charge is 0.238 e. The van der Waals surface area contributed by atoms with Crippen molar-refractivity contribution in [3.8, 4) is 0 Å². The highest BCUT2D eigenvalue weighted by atomic mass is 16.2. The van der Waals surface area contributed by atoms with Crippen molar-refractivity contribution >= 4 is 5.91 Å². The number of benzene rings is 1. The summed E-state index contributed by atoms with van der Waals surface area (Å²) in [6, 6.07) is 8.27. The van der Waals surface area contributed by atoms with Gasteiger partial charge in [0.05, 0.1) is 6.42 Å². The predicted molar refractivity (Wildman–Crippen MR) is 80.8 cm³/mol. The maximum Gasteiger partial charge on any atom is 0.238 e. The van der Waals surface area contributed by atoms with Gasteiger partial charge in [-0.2, -0.15) is 0 Å². The summed E-state index contributed by atoms with van der Waals surface area (Å²) in [4.78, 5) is 13.7. The van der Waals surface area contributed by atoms with E-state index in [-0.39, 0.29) is 5.91 Å². The number of likely N-dealkylation sites (tertiary alicyclic amines) is 1. The minimum atomic E-state index is -0.153. The Morgan fingerprint density at radius 3 is 2.40 bits per heavy atom. The number of amides is 1. The van der Waals surface area contributed by atoms with E-state index in [9.17, 15) is 4.79 Å². The second-order valence-electron chi connectivity index (χ2n) is 5.69. The molecule has 4 nitrogen and oxygen atoms in total. The van der Waals surface area contributed by atoms with Gasteiger partial charge in [0.15, 0.2) is 0 Å². The van der Waals surface area contributed by atoms with Crippen molar-refractivity contribution in [2.45, 2.75) is 39.2 Å². The minimum absolute atomic E-state index is 0.153. The molecule has 1 heterocycles. The number of hydrazine groups is 1. The summed E-state index contributed by atoms with van der Waals surface area (Å²) < 4.78 is 0. The highest BCUT2D eigenvalue weighted by molar-refractivity contribution is 5.77. The monoisotopic (exact) mass is 275 g/mol. The molecular weight excluding hydrogens is 250 g/mol. The Hall–Kier alpha value is -1.39. The maximum atomic E-state index is 11.2. The van der Waals surface area contributed by atoms with Crippen molar-refractivity contribution in [2.24, 2.45) is 11.8 Å². The summed E-state index contributed by atoms with van der Waals surface area (Å²) in [6.45, 7) is 5.71. The van der Waals surface area contributed by atoms with Crippen LogP contribution in [0.15, 0.2) is 24.3 Å². The molecular formula is C16H25N3O. The number of hydrogen-bond acceptors (Lipinski definition) is 3. The molecule has 2 rings (SSSR count). The van der Waals surface area contributed by atoms with Crippen LogP contribution in [0, 0.1) is 5.92 Å². The van der Waals surface area contributed by atoms with Crippen LogP contribution in [0.3, 0.4) is 0 Å². The average molecular weight is 275 g/mol. The summed E-state index contributed by atoms with van der Waals surface area (Å²) in [5.41, 5.74) is 4.47. The zero-order chi connectivity index (χ0) is 14.4. The van der Waals surface area contributed by atoms with Crippen LogP contribution < -0.4 is 11.3 Å². The van der Waals surface area contributed by atoms with Crippen LogP contribution in [0.25, 0.3) is 0 Å². The third kappa shape index (κ3) is 4.32. The number of rotatable bonds is 5. The molecule has 0 unspecified atom stereocenters. The normalized spacial score (nSPS) is 17.1.